The molecule has 1 aliphatic rings. The van der Waals surface area contributed by atoms with Gasteiger partial charge in [0.05, 0.1) is 29.7 Å². The molecule has 2 aromatic heterocycles. The van der Waals surface area contributed by atoms with Crippen molar-refractivity contribution in [3.63, 3.8) is 0 Å². The number of carbonyl (C=O) groups is 1. The number of urea groups is 1. The zero-order valence-corrected chi connectivity index (χ0v) is 17.1. The van der Waals surface area contributed by atoms with Gasteiger partial charge in [0.15, 0.2) is 10.8 Å². The number of halogens is 5. The maximum Gasteiger partial charge on any atom is 0.401 e. The van der Waals surface area contributed by atoms with Gasteiger partial charge in [0.1, 0.15) is 11.2 Å². The van der Waals surface area contributed by atoms with E-state index in [1.165, 1.54) is 37.6 Å². The van der Waals surface area contributed by atoms with E-state index in [2.05, 4.69) is 15.4 Å². The van der Waals surface area contributed by atoms with Gasteiger partial charge in [-0.05, 0) is 25.1 Å². The number of hydrogen-bond acceptors (Lipinski definition) is 4. The van der Waals surface area contributed by atoms with Crippen LogP contribution in [0.5, 0.6) is 5.75 Å². The Morgan fingerprint density at radius 2 is 2.03 bits per heavy atom. The first kappa shape index (κ1) is 20.5. The van der Waals surface area contributed by atoms with Gasteiger partial charge in [-0.3, -0.25) is 4.90 Å². The van der Waals surface area contributed by atoms with Crippen molar-refractivity contribution in [1.29, 1.82) is 0 Å². The summed E-state index contributed by atoms with van der Waals surface area (Å²) in [6.07, 6.45) is -3.45. The van der Waals surface area contributed by atoms with Gasteiger partial charge >= 0.3 is 12.2 Å². The van der Waals surface area contributed by atoms with Gasteiger partial charge < -0.3 is 10.1 Å². The Labute approximate surface area is 178 Å². The third-order valence-corrected chi connectivity index (χ3v) is 5.48. The fourth-order valence-electron chi connectivity index (χ4n) is 3.43. The molecule has 7 nitrogen and oxygen atoms in total. The predicted molar refractivity (Wildman–Crippen MR) is 106 cm³/mol. The van der Waals surface area contributed by atoms with E-state index in [-0.39, 0.29) is 27.2 Å². The largest absolute Gasteiger partial charge is 0.495 e. The van der Waals surface area contributed by atoms with E-state index in [0.717, 1.165) is 16.3 Å². The molecule has 0 radical (unpaired) electrons. The molecule has 3 heterocycles. The van der Waals surface area contributed by atoms with Crippen LogP contribution in [0.3, 0.4) is 0 Å². The normalized spacial score (nSPS) is 18.6. The van der Waals surface area contributed by atoms with Crippen molar-refractivity contribution in [1.82, 2.24) is 14.6 Å². The highest BCUT2D eigenvalue weighted by molar-refractivity contribution is 6.32. The van der Waals surface area contributed by atoms with Crippen LogP contribution in [-0.2, 0) is 5.41 Å². The smallest absolute Gasteiger partial charge is 0.401 e. The summed E-state index contributed by atoms with van der Waals surface area (Å²) >= 11 is 11.9. The van der Waals surface area contributed by atoms with Crippen LogP contribution in [-0.4, -0.2) is 40.5 Å². The third-order valence-electron chi connectivity index (χ3n) is 5.00. The van der Waals surface area contributed by atoms with Crippen LogP contribution < -0.4 is 15.0 Å². The monoisotopic (exact) mass is 459 g/mol. The molecule has 2 amide bonds. The molecule has 0 spiro atoms. The Bertz CT molecular complexity index is 1170. The second kappa shape index (κ2) is 6.92. The van der Waals surface area contributed by atoms with E-state index in [9.17, 15) is 18.0 Å². The first-order valence-corrected chi connectivity index (χ1v) is 9.34. The van der Waals surface area contributed by atoms with Crippen molar-refractivity contribution in [3.05, 3.63) is 46.3 Å². The summed E-state index contributed by atoms with van der Waals surface area (Å²) in [5.74, 6) is 0.396. The fraction of sp³-hybridized carbons (Fsp3) is 0.278. The average molecular weight is 460 g/mol. The highest BCUT2D eigenvalue weighted by atomic mass is 35.5. The van der Waals surface area contributed by atoms with Crippen molar-refractivity contribution < 1.29 is 22.7 Å². The maximum atomic E-state index is 14.1. The predicted octanol–water partition coefficient (Wildman–Crippen LogP) is 4.92. The second-order valence-electron chi connectivity index (χ2n) is 6.92. The molecule has 0 saturated heterocycles. The number of nitrogens with one attached hydrogen (secondary N) is 1. The minimum absolute atomic E-state index is 0.00352. The van der Waals surface area contributed by atoms with E-state index in [0.29, 0.717) is 11.4 Å². The highest BCUT2D eigenvalue weighted by Crippen LogP contribution is 2.50. The van der Waals surface area contributed by atoms with E-state index in [4.69, 9.17) is 27.9 Å². The summed E-state index contributed by atoms with van der Waals surface area (Å²) in [6, 6.07) is 5.07. The second-order valence-corrected chi connectivity index (χ2v) is 7.72. The van der Waals surface area contributed by atoms with Gasteiger partial charge in [0.25, 0.3) is 0 Å². The average Bonchev–Trinajstić information content (AvgIpc) is 3.19. The van der Waals surface area contributed by atoms with Crippen LogP contribution >= 0.6 is 23.2 Å². The standard InChI is InChI=1S/C18H14Cl2F3N5O2/c1-17(18(21,22)23)8-27(11-7-24-14-6-13(20)26-28(14)15(11)17)16(29)25-9-3-4-12(30-2)10(19)5-9/h3-7H,8H2,1-2H3,(H,25,29)/t17-/m1/s1. The van der Waals surface area contributed by atoms with Gasteiger partial charge in [-0.25, -0.2) is 14.3 Å². The minimum Gasteiger partial charge on any atom is -0.495 e. The molecule has 1 atom stereocenters. The van der Waals surface area contributed by atoms with E-state index in [1.807, 2.05) is 0 Å². The molecule has 0 saturated carbocycles. The Hall–Kier alpha value is -2.72. The van der Waals surface area contributed by atoms with Crippen LogP contribution in [0.15, 0.2) is 30.5 Å². The lowest BCUT2D eigenvalue weighted by molar-refractivity contribution is -0.181. The highest BCUT2D eigenvalue weighted by Gasteiger charge is 2.60. The molecule has 158 valence electrons. The Kier molecular flexibility index (Phi) is 4.74. The summed E-state index contributed by atoms with van der Waals surface area (Å²) in [4.78, 5) is 18.0. The fourth-order valence-corrected chi connectivity index (χ4v) is 3.86. The van der Waals surface area contributed by atoms with Gasteiger partial charge in [0, 0.05) is 18.3 Å². The maximum absolute atomic E-state index is 14.1. The molecular formula is C18H14Cl2F3N5O2. The van der Waals surface area contributed by atoms with Crippen LogP contribution in [0.4, 0.5) is 29.3 Å². The summed E-state index contributed by atoms with van der Waals surface area (Å²) in [5, 5.41) is 6.73. The first-order chi connectivity index (χ1) is 14.0. The molecule has 0 aliphatic carbocycles. The summed E-state index contributed by atoms with van der Waals surface area (Å²) < 4.78 is 48.3. The summed E-state index contributed by atoms with van der Waals surface area (Å²) in [6.45, 7) is 0.359. The number of anilines is 2. The van der Waals surface area contributed by atoms with Crippen molar-refractivity contribution in [2.24, 2.45) is 0 Å². The number of ether oxygens (including phenoxy) is 1. The zero-order chi connectivity index (χ0) is 21.8. The van der Waals surface area contributed by atoms with Gasteiger partial charge in [-0.2, -0.15) is 18.3 Å². The number of carbonyl (C=O) groups excluding carboxylic acids is 1. The van der Waals surface area contributed by atoms with Crippen molar-refractivity contribution >= 4 is 46.3 Å². The molecule has 0 fully saturated rings. The van der Waals surface area contributed by atoms with E-state index < -0.39 is 24.2 Å². The zero-order valence-electron chi connectivity index (χ0n) is 15.6. The number of fused-ring (bicyclic) bond motifs is 3. The van der Waals surface area contributed by atoms with Crippen molar-refractivity contribution in [2.75, 3.05) is 23.9 Å². The lowest BCUT2D eigenvalue weighted by Gasteiger charge is -2.28. The Morgan fingerprint density at radius 3 is 2.67 bits per heavy atom. The first-order valence-electron chi connectivity index (χ1n) is 8.59. The van der Waals surface area contributed by atoms with Crippen LogP contribution in [0, 0.1) is 0 Å². The van der Waals surface area contributed by atoms with Gasteiger partial charge in [0.2, 0.25) is 0 Å². The molecular weight excluding hydrogens is 446 g/mol. The SMILES string of the molecule is COc1ccc(NC(=O)N2C[C@@](C)(C(F)(F)F)c3c2cnc2cc(Cl)nn32)cc1Cl. The molecule has 4 rings (SSSR count). The number of methoxy groups -OCH3 is 1. The molecule has 12 heteroatoms. The summed E-state index contributed by atoms with van der Waals surface area (Å²) in [7, 11) is 1.44. The molecule has 3 aromatic rings. The number of alkyl halides is 3. The van der Waals surface area contributed by atoms with Crippen LogP contribution in [0.25, 0.3) is 5.65 Å². The Balaban J connectivity index is 1.77. The number of amides is 2. The number of nitrogens with zero attached hydrogens (tertiary/aromatic N) is 4. The van der Waals surface area contributed by atoms with Crippen LogP contribution in [0.2, 0.25) is 10.2 Å². The number of benzene rings is 1. The lowest BCUT2D eigenvalue weighted by Crippen LogP contribution is -2.46. The van der Waals surface area contributed by atoms with Crippen LogP contribution in [0.1, 0.15) is 12.6 Å². The third kappa shape index (κ3) is 3.10. The van der Waals surface area contributed by atoms with Gasteiger partial charge in [-0.15, -0.1) is 0 Å². The molecule has 1 aromatic carbocycles. The topological polar surface area (TPSA) is 71.8 Å². The van der Waals surface area contributed by atoms with Crippen molar-refractivity contribution in [2.45, 2.75) is 18.5 Å². The molecule has 1 N–H and O–H groups in total. The number of hydrogen-bond donors (Lipinski definition) is 1. The molecule has 0 unspecified atom stereocenters. The lowest BCUT2D eigenvalue weighted by atomic mass is 9.88. The van der Waals surface area contributed by atoms with Gasteiger partial charge in [-0.1, -0.05) is 23.2 Å². The summed E-state index contributed by atoms with van der Waals surface area (Å²) in [5.41, 5.74) is -2.16. The number of rotatable bonds is 2. The molecule has 0 bridgehead atoms. The quantitative estimate of drug-likeness (QED) is 0.590. The molecule has 1 aliphatic heterocycles. The minimum atomic E-state index is -4.66. The number of aromatic nitrogens is 3. The van der Waals surface area contributed by atoms with E-state index >= 15 is 0 Å². The van der Waals surface area contributed by atoms with E-state index in [1.54, 1.807) is 0 Å². The molecule has 30 heavy (non-hydrogen) atoms. The van der Waals surface area contributed by atoms with Crippen molar-refractivity contribution in [3.8, 4) is 5.75 Å². The Morgan fingerprint density at radius 1 is 1.30 bits per heavy atom.